The summed E-state index contributed by atoms with van der Waals surface area (Å²) < 4.78 is 24.0. The molecule has 2 rings (SSSR count). The normalized spacial score (nSPS) is 27.7. The van der Waals surface area contributed by atoms with Gasteiger partial charge >= 0.3 is 12.4 Å². The molecule has 1 aromatic heterocycles. The predicted molar refractivity (Wildman–Crippen MR) is 70.6 cm³/mol. The highest BCUT2D eigenvalue weighted by molar-refractivity contribution is 8.06. The van der Waals surface area contributed by atoms with E-state index in [-0.39, 0.29) is 6.42 Å². The second kappa shape index (κ2) is 6.05. The Kier molecular flexibility index (Phi) is 4.73. The predicted octanol–water partition coefficient (Wildman–Crippen LogP) is -1.29. The Bertz CT molecular complexity index is 673. The number of aliphatic hydroxyl groups is 1. The Hall–Kier alpha value is -0.940. The van der Waals surface area contributed by atoms with Gasteiger partial charge in [-0.2, -0.15) is 0 Å². The van der Waals surface area contributed by atoms with Gasteiger partial charge in [-0.15, -0.1) is 0 Å². The van der Waals surface area contributed by atoms with Crippen LogP contribution < -0.4 is 11.2 Å². The summed E-state index contributed by atoms with van der Waals surface area (Å²) in [4.78, 5) is 42.3. The van der Waals surface area contributed by atoms with E-state index in [4.69, 9.17) is 14.5 Å². The van der Waals surface area contributed by atoms with Crippen molar-refractivity contribution in [3.63, 3.8) is 0 Å². The first-order chi connectivity index (χ1) is 9.67. The third-order valence-electron chi connectivity index (χ3n) is 2.79. The molecule has 21 heavy (non-hydrogen) atoms. The highest BCUT2D eigenvalue weighted by Gasteiger charge is 2.42. The minimum absolute atomic E-state index is 0.153. The average Bonchev–Trinajstić information content (AvgIpc) is 2.68. The highest BCUT2D eigenvalue weighted by atomic mass is 32.5. The van der Waals surface area contributed by atoms with Crippen LogP contribution in [0.5, 0.6) is 0 Å². The number of aliphatic hydroxyl groups excluding tert-OH is 1. The zero-order chi connectivity index (χ0) is 15.8. The molecule has 9 nitrogen and oxygen atoms in total. The number of alkyl halides is 1. The van der Waals surface area contributed by atoms with Gasteiger partial charge in [0.25, 0.3) is 5.56 Å². The second-order valence-corrected chi connectivity index (χ2v) is 6.94. The summed E-state index contributed by atoms with van der Waals surface area (Å²) >= 11 is 4.12. The maximum atomic E-state index is 13.7. The summed E-state index contributed by atoms with van der Waals surface area (Å²) in [6.07, 6.45) is -5.32. The maximum Gasteiger partial charge on any atom is 0.330 e. The minimum atomic E-state index is -4.26. The number of hydrogen-bond donors (Lipinski definition) is 4. The van der Waals surface area contributed by atoms with Crippen LogP contribution in [0.1, 0.15) is 12.6 Å². The number of nitrogens with one attached hydrogen (secondary N) is 1. The van der Waals surface area contributed by atoms with E-state index in [0.29, 0.717) is 0 Å². The minimum Gasteiger partial charge on any atom is -0.390 e. The van der Waals surface area contributed by atoms with E-state index >= 15 is 0 Å². The van der Waals surface area contributed by atoms with Crippen LogP contribution in [0.15, 0.2) is 21.9 Å². The summed E-state index contributed by atoms with van der Waals surface area (Å²) in [5.41, 5.74) is -1.40. The third-order valence-corrected chi connectivity index (χ3v) is 3.53. The van der Waals surface area contributed by atoms with E-state index in [0.717, 1.165) is 16.8 Å². The fourth-order valence-corrected chi connectivity index (χ4v) is 2.56. The molecule has 1 saturated heterocycles. The SMILES string of the molecule is O=c1ccn([C@H]2C[C@H](O)[C@@H](C(F)OP(O)(O)=S)O2)c(=O)[nH]1. The van der Waals surface area contributed by atoms with Crippen molar-refractivity contribution in [2.24, 2.45) is 0 Å². The van der Waals surface area contributed by atoms with Crippen molar-refractivity contribution in [3.05, 3.63) is 33.1 Å². The van der Waals surface area contributed by atoms with Crippen LogP contribution in [0.4, 0.5) is 4.39 Å². The standard InChI is InChI=1S/C9H12FN2O7PS/c10-8(19-20(16,17)21)7-4(13)3-6(18-7)12-2-1-5(14)11-9(12)15/h1-2,4,6-8,13H,3H2,(H,11,14,15)(H2,16,17,21)/t4-,6+,7-,8?/m0/s1. The maximum absolute atomic E-state index is 13.7. The molecule has 0 aromatic carbocycles. The fourth-order valence-electron chi connectivity index (χ4n) is 1.93. The third kappa shape index (κ3) is 4.04. The molecule has 1 aliphatic rings. The van der Waals surface area contributed by atoms with Crippen molar-refractivity contribution in [3.8, 4) is 0 Å². The lowest BCUT2D eigenvalue weighted by Gasteiger charge is -2.21. The first-order valence-electron chi connectivity index (χ1n) is 5.70. The molecule has 0 bridgehead atoms. The Morgan fingerprint density at radius 2 is 2.24 bits per heavy atom. The summed E-state index contributed by atoms with van der Waals surface area (Å²) in [5.74, 6) is 0. The molecule has 4 N–H and O–H groups in total. The molecule has 1 aliphatic heterocycles. The van der Waals surface area contributed by atoms with Crippen LogP contribution in [-0.2, 0) is 21.1 Å². The topological polar surface area (TPSA) is 134 Å². The lowest BCUT2D eigenvalue weighted by Crippen LogP contribution is -2.34. The largest absolute Gasteiger partial charge is 0.390 e. The molecular weight excluding hydrogens is 330 g/mol. The number of hydrogen-bond acceptors (Lipinski definition) is 6. The number of rotatable bonds is 4. The van der Waals surface area contributed by atoms with E-state index in [1.165, 1.54) is 0 Å². The Morgan fingerprint density at radius 1 is 1.57 bits per heavy atom. The van der Waals surface area contributed by atoms with Crippen LogP contribution in [0.25, 0.3) is 0 Å². The van der Waals surface area contributed by atoms with Crippen molar-refractivity contribution in [2.75, 3.05) is 0 Å². The molecular formula is C9H12FN2O7PS. The molecule has 2 heterocycles. The van der Waals surface area contributed by atoms with E-state index in [1.807, 2.05) is 4.98 Å². The zero-order valence-electron chi connectivity index (χ0n) is 10.3. The van der Waals surface area contributed by atoms with Gasteiger partial charge in [0.05, 0.1) is 6.10 Å². The smallest absolute Gasteiger partial charge is 0.330 e. The van der Waals surface area contributed by atoms with Crippen LogP contribution in [0, 0.1) is 0 Å². The molecule has 118 valence electrons. The van der Waals surface area contributed by atoms with Gasteiger partial charge in [0.1, 0.15) is 12.3 Å². The fraction of sp³-hybridized carbons (Fsp3) is 0.556. The molecule has 12 heteroatoms. The second-order valence-electron chi connectivity index (χ2n) is 4.32. The summed E-state index contributed by atoms with van der Waals surface area (Å²) in [5, 5.41) is 9.72. The van der Waals surface area contributed by atoms with Gasteiger partial charge in [-0.1, -0.05) is 0 Å². The number of aromatic amines is 1. The van der Waals surface area contributed by atoms with Gasteiger partial charge in [0.15, 0.2) is 0 Å². The first kappa shape index (κ1) is 16.4. The Balaban J connectivity index is 2.15. The first-order valence-corrected chi connectivity index (χ1v) is 8.33. The van der Waals surface area contributed by atoms with Crippen LogP contribution in [0.3, 0.4) is 0 Å². The van der Waals surface area contributed by atoms with Crippen LogP contribution in [-0.4, -0.2) is 43.0 Å². The van der Waals surface area contributed by atoms with Crippen LogP contribution >= 0.6 is 6.72 Å². The summed E-state index contributed by atoms with van der Waals surface area (Å²) in [6.45, 7) is -4.26. The Morgan fingerprint density at radius 3 is 2.81 bits per heavy atom. The molecule has 4 atom stereocenters. The van der Waals surface area contributed by atoms with Gasteiger partial charge in [0.2, 0.25) is 6.36 Å². The van der Waals surface area contributed by atoms with Crippen molar-refractivity contribution in [1.29, 1.82) is 0 Å². The van der Waals surface area contributed by atoms with E-state index in [1.54, 1.807) is 0 Å². The number of ether oxygens (including phenoxy) is 1. The van der Waals surface area contributed by atoms with Gasteiger partial charge in [-0.25, -0.2) is 9.18 Å². The van der Waals surface area contributed by atoms with E-state index < -0.39 is 42.8 Å². The monoisotopic (exact) mass is 342 g/mol. The molecule has 1 fully saturated rings. The van der Waals surface area contributed by atoms with Gasteiger partial charge in [0, 0.05) is 18.7 Å². The summed E-state index contributed by atoms with van der Waals surface area (Å²) in [6, 6.07) is 1.06. The average molecular weight is 342 g/mol. The van der Waals surface area contributed by atoms with E-state index in [2.05, 4.69) is 16.3 Å². The molecule has 0 amide bonds. The zero-order valence-corrected chi connectivity index (χ0v) is 12.0. The quantitative estimate of drug-likeness (QED) is 0.497. The molecule has 1 unspecified atom stereocenters. The van der Waals surface area contributed by atoms with Crippen molar-refractivity contribution >= 4 is 18.5 Å². The molecule has 0 radical (unpaired) electrons. The highest BCUT2D eigenvalue weighted by Crippen LogP contribution is 2.42. The molecule has 1 aromatic rings. The van der Waals surface area contributed by atoms with Gasteiger partial charge in [-0.3, -0.25) is 18.9 Å². The molecule has 0 spiro atoms. The van der Waals surface area contributed by atoms with Crippen molar-refractivity contribution in [2.45, 2.75) is 31.2 Å². The number of H-pyrrole nitrogens is 1. The lowest BCUT2D eigenvalue weighted by molar-refractivity contribution is -0.122. The summed E-state index contributed by atoms with van der Waals surface area (Å²) in [7, 11) is 0. The number of halogens is 1. The van der Waals surface area contributed by atoms with Crippen molar-refractivity contribution in [1.82, 2.24) is 9.55 Å². The van der Waals surface area contributed by atoms with E-state index in [9.17, 15) is 19.1 Å². The number of nitrogens with zero attached hydrogens (tertiary/aromatic N) is 1. The van der Waals surface area contributed by atoms with Crippen LogP contribution in [0.2, 0.25) is 0 Å². The lowest BCUT2D eigenvalue weighted by atomic mass is 10.2. The number of aromatic nitrogens is 2. The Labute approximate surface area is 121 Å². The molecule has 0 saturated carbocycles. The molecule has 0 aliphatic carbocycles. The van der Waals surface area contributed by atoms with Gasteiger partial charge in [-0.05, 0) is 11.8 Å². The van der Waals surface area contributed by atoms with Gasteiger partial charge < -0.3 is 19.6 Å². The van der Waals surface area contributed by atoms with Crippen molar-refractivity contribution < 1.29 is 28.5 Å².